The van der Waals surface area contributed by atoms with E-state index in [-0.39, 0.29) is 30.3 Å². The van der Waals surface area contributed by atoms with Crippen molar-refractivity contribution in [3.63, 3.8) is 0 Å². The molecule has 0 aliphatic carbocycles. The molecule has 5 amide bonds. The Hall–Kier alpha value is -2.17. The lowest BCUT2D eigenvalue weighted by molar-refractivity contribution is -0.141. The maximum Gasteiger partial charge on any atom is 0.327 e. The number of carboxylic acids is 1. The van der Waals surface area contributed by atoms with E-state index in [1.165, 1.54) is 0 Å². The minimum Gasteiger partial charge on any atom is -0.480 e. The first-order valence-corrected chi connectivity index (χ1v) is 10.7. The summed E-state index contributed by atoms with van der Waals surface area (Å²) in [7, 11) is 0. The van der Waals surface area contributed by atoms with Gasteiger partial charge in [-0.3, -0.25) is 24.0 Å². The summed E-state index contributed by atoms with van der Waals surface area (Å²) in [6.07, 6.45) is 0. The fourth-order valence-electron chi connectivity index (χ4n) is 1.86. The fraction of sp³-hybridized carbons (Fsp3) is 0.600. The van der Waals surface area contributed by atoms with Crippen LogP contribution in [0.5, 0.6) is 0 Å². The summed E-state index contributed by atoms with van der Waals surface area (Å²) >= 11 is 11.8. The SMILES string of the molecule is NCC(=O)NCC(=O)NCC(=O)N[C@@H](CS)C(=O)N[C@@H](CS)C(=O)N[C@@H](CS)C(=O)O. The van der Waals surface area contributed by atoms with Crippen molar-refractivity contribution in [1.29, 1.82) is 0 Å². The smallest absolute Gasteiger partial charge is 0.327 e. The maximum atomic E-state index is 12.4. The molecule has 13 nitrogen and oxygen atoms in total. The average Bonchev–Trinajstić information content (AvgIpc) is 2.75. The van der Waals surface area contributed by atoms with Gasteiger partial charge in [0, 0.05) is 17.3 Å². The van der Waals surface area contributed by atoms with E-state index in [4.69, 9.17) is 10.8 Å². The van der Waals surface area contributed by atoms with Crippen LogP contribution >= 0.6 is 37.9 Å². The van der Waals surface area contributed by atoms with Gasteiger partial charge >= 0.3 is 5.97 Å². The third-order valence-electron chi connectivity index (χ3n) is 3.52. The Morgan fingerprint density at radius 1 is 0.677 bits per heavy atom. The van der Waals surface area contributed by atoms with Gasteiger partial charge in [0.25, 0.3) is 0 Å². The maximum absolute atomic E-state index is 12.4. The summed E-state index contributed by atoms with van der Waals surface area (Å²) in [6, 6.07) is -3.59. The molecule has 0 rings (SSSR count). The van der Waals surface area contributed by atoms with Crippen molar-refractivity contribution in [2.24, 2.45) is 5.73 Å². The van der Waals surface area contributed by atoms with Crippen molar-refractivity contribution in [2.45, 2.75) is 18.1 Å². The number of hydrogen-bond donors (Lipinski definition) is 10. The summed E-state index contributed by atoms with van der Waals surface area (Å²) in [4.78, 5) is 70.0. The molecule has 0 spiro atoms. The highest BCUT2D eigenvalue weighted by molar-refractivity contribution is 7.80. The normalized spacial score (nSPS) is 13.2. The first-order valence-electron chi connectivity index (χ1n) is 8.78. The van der Waals surface area contributed by atoms with E-state index in [1.54, 1.807) is 0 Å². The van der Waals surface area contributed by atoms with Gasteiger partial charge in [0.05, 0.1) is 19.6 Å². The van der Waals surface area contributed by atoms with Gasteiger partial charge in [0.2, 0.25) is 29.5 Å². The van der Waals surface area contributed by atoms with Crippen molar-refractivity contribution in [3.8, 4) is 0 Å². The zero-order valence-electron chi connectivity index (χ0n) is 16.3. The second-order valence-electron chi connectivity index (χ2n) is 5.89. The Bertz CT molecular complexity index is 681. The predicted octanol–water partition coefficient (Wildman–Crippen LogP) is -4.49. The van der Waals surface area contributed by atoms with Crippen LogP contribution in [0.3, 0.4) is 0 Å². The predicted molar refractivity (Wildman–Crippen MR) is 120 cm³/mol. The molecule has 176 valence electrons. The van der Waals surface area contributed by atoms with Gasteiger partial charge in [-0.25, -0.2) is 4.79 Å². The minimum absolute atomic E-state index is 0.132. The number of carbonyl (C=O) groups is 6. The van der Waals surface area contributed by atoms with Crippen LogP contribution in [0.4, 0.5) is 0 Å². The second-order valence-corrected chi connectivity index (χ2v) is 6.98. The standard InChI is InChI=1S/C15H26N6O7S3/c16-1-10(22)17-2-11(23)18-3-12(24)19-7(4-29)13(25)20-8(5-30)14(26)21-9(6-31)15(27)28/h7-9,29-31H,1-6,16H2,(H,17,22)(H,18,23)(H,19,24)(H,20,25)(H,21,26)(H,27,28)/t7-,8-,9-/m0/s1. The Balaban J connectivity index is 4.68. The van der Waals surface area contributed by atoms with E-state index in [0.717, 1.165) is 0 Å². The Kier molecular flexibility index (Phi) is 14.5. The number of amides is 5. The molecule has 0 aromatic carbocycles. The van der Waals surface area contributed by atoms with Crippen LogP contribution in [0.25, 0.3) is 0 Å². The van der Waals surface area contributed by atoms with Crippen LogP contribution in [0, 0.1) is 0 Å². The largest absolute Gasteiger partial charge is 0.480 e. The van der Waals surface area contributed by atoms with E-state index >= 15 is 0 Å². The first kappa shape index (κ1) is 28.8. The van der Waals surface area contributed by atoms with E-state index in [9.17, 15) is 28.8 Å². The van der Waals surface area contributed by atoms with Gasteiger partial charge < -0.3 is 37.4 Å². The number of hydrogen-bond acceptors (Lipinski definition) is 10. The van der Waals surface area contributed by atoms with Crippen LogP contribution in [-0.4, -0.2) is 95.6 Å². The Labute approximate surface area is 194 Å². The molecule has 16 heteroatoms. The van der Waals surface area contributed by atoms with Crippen LogP contribution in [0.15, 0.2) is 0 Å². The third kappa shape index (κ3) is 11.7. The molecule has 0 aromatic rings. The lowest BCUT2D eigenvalue weighted by Crippen LogP contribution is -2.57. The molecule has 3 atom stereocenters. The van der Waals surface area contributed by atoms with E-state index in [0.29, 0.717) is 0 Å². The summed E-state index contributed by atoms with van der Waals surface area (Å²) in [5, 5.41) is 20.3. The highest BCUT2D eigenvalue weighted by Gasteiger charge is 2.28. The van der Waals surface area contributed by atoms with E-state index < -0.39 is 60.2 Å². The quantitative estimate of drug-likeness (QED) is 0.105. The summed E-state index contributed by atoms with van der Waals surface area (Å²) in [5.41, 5.74) is 5.07. The number of thiol groups is 3. The summed E-state index contributed by atoms with van der Waals surface area (Å²) in [5.74, 6) is -5.20. The molecule has 0 aliphatic heterocycles. The molecule has 0 aliphatic rings. The lowest BCUT2D eigenvalue weighted by Gasteiger charge is -2.22. The van der Waals surface area contributed by atoms with Crippen molar-refractivity contribution >= 4 is 73.4 Å². The zero-order valence-corrected chi connectivity index (χ0v) is 19.0. The van der Waals surface area contributed by atoms with Crippen LogP contribution < -0.4 is 32.3 Å². The van der Waals surface area contributed by atoms with E-state index in [2.05, 4.69) is 64.5 Å². The molecule has 0 fully saturated rings. The average molecular weight is 499 g/mol. The molecule has 0 aromatic heterocycles. The number of nitrogens with two attached hydrogens (primary N) is 1. The van der Waals surface area contributed by atoms with Crippen molar-refractivity contribution in [3.05, 3.63) is 0 Å². The third-order valence-corrected chi connectivity index (χ3v) is 4.62. The number of carbonyl (C=O) groups excluding carboxylic acids is 5. The second kappa shape index (κ2) is 15.6. The fourth-order valence-corrected chi connectivity index (χ4v) is 2.62. The summed E-state index contributed by atoms with van der Waals surface area (Å²) in [6.45, 7) is -1.14. The monoisotopic (exact) mass is 498 g/mol. The first-order chi connectivity index (χ1) is 14.6. The molecule has 31 heavy (non-hydrogen) atoms. The van der Waals surface area contributed by atoms with Crippen molar-refractivity contribution < 1.29 is 33.9 Å². The number of rotatable bonds is 14. The number of aliphatic carboxylic acids is 1. The Morgan fingerprint density at radius 2 is 1.10 bits per heavy atom. The van der Waals surface area contributed by atoms with Crippen LogP contribution in [-0.2, 0) is 28.8 Å². The zero-order chi connectivity index (χ0) is 24.0. The molecule has 0 bridgehead atoms. The highest BCUT2D eigenvalue weighted by atomic mass is 32.1. The number of nitrogens with one attached hydrogen (secondary N) is 5. The van der Waals surface area contributed by atoms with Crippen molar-refractivity contribution in [1.82, 2.24) is 26.6 Å². The van der Waals surface area contributed by atoms with Crippen molar-refractivity contribution in [2.75, 3.05) is 36.9 Å². The van der Waals surface area contributed by atoms with Gasteiger partial charge in [-0.1, -0.05) is 0 Å². The van der Waals surface area contributed by atoms with Gasteiger partial charge in [0.15, 0.2) is 0 Å². The molecule has 0 unspecified atom stereocenters. The number of carboxylic acid groups (broad SMARTS) is 1. The van der Waals surface area contributed by atoms with Crippen LogP contribution in [0.2, 0.25) is 0 Å². The lowest BCUT2D eigenvalue weighted by atomic mass is 10.2. The van der Waals surface area contributed by atoms with E-state index in [1.807, 2.05) is 0 Å². The topological polar surface area (TPSA) is 209 Å². The highest BCUT2D eigenvalue weighted by Crippen LogP contribution is 1.97. The van der Waals surface area contributed by atoms with Gasteiger partial charge in [-0.2, -0.15) is 37.9 Å². The Morgan fingerprint density at radius 3 is 1.55 bits per heavy atom. The minimum atomic E-state index is -1.29. The molecule has 0 radical (unpaired) electrons. The molecular formula is C15H26N6O7S3. The molecule has 0 saturated carbocycles. The van der Waals surface area contributed by atoms with Gasteiger partial charge in [0.1, 0.15) is 18.1 Å². The molecular weight excluding hydrogens is 472 g/mol. The molecule has 0 saturated heterocycles. The van der Waals surface area contributed by atoms with Crippen LogP contribution in [0.1, 0.15) is 0 Å². The summed E-state index contributed by atoms with van der Waals surface area (Å²) < 4.78 is 0. The molecule has 8 N–H and O–H groups in total. The van der Waals surface area contributed by atoms with Gasteiger partial charge in [-0.05, 0) is 0 Å². The van der Waals surface area contributed by atoms with Gasteiger partial charge in [-0.15, -0.1) is 0 Å². The molecule has 0 heterocycles.